The topological polar surface area (TPSA) is 54.3 Å². The first-order valence-corrected chi connectivity index (χ1v) is 9.70. The fourth-order valence-corrected chi connectivity index (χ4v) is 3.10. The van der Waals surface area contributed by atoms with Crippen molar-refractivity contribution in [2.24, 2.45) is 5.92 Å². The van der Waals surface area contributed by atoms with Gasteiger partial charge in [0.05, 0.1) is 0 Å². The Kier molecular flexibility index (Phi) is 6.14. The van der Waals surface area contributed by atoms with Crippen LogP contribution in [0.3, 0.4) is 0 Å². The van der Waals surface area contributed by atoms with Crippen molar-refractivity contribution in [3.63, 3.8) is 0 Å². The highest BCUT2D eigenvalue weighted by molar-refractivity contribution is 5.97. The summed E-state index contributed by atoms with van der Waals surface area (Å²) in [5.74, 6) is -0.144. The molecule has 0 aliphatic carbocycles. The van der Waals surface area contributed by atoms with Crippen molar-refractivity contribution in [2.45, 2.75) is 26.8 Å². The minimum absolute atomic E-state index is 0.0278. The number of nitrogens with zero attached hydrogens (tertiary/aromatic N) is 2. The Morgan fingerprint density at radius 3 is 2.68 bits per heavy atom. The van der Waals surface area contributed by atoms with E-state index in [1.54, 1.807) is 30.1 Å². The Balaban J connectivity index is 1.64. The van der Waals surface area contributed by atoms with Crippen LogP contribution in [0.2, 0.25) is 0 Å². The van der Waals surface area contributed by atoms with Gasteiger partial charge in [0, 0.05) is 49.0 Å². The lowest BCUT2D eigenvalue weighted by Crippen LogP contribution is -2.30. The molecule has 1 N–H and O–H groups in total. The Bertz CT molecular complexity index is 977. The summed E-state index contributed by atoms with van der Waals surface area (Å²) in [7, 11) is 1.80. The number of rotatable bonds is 7. The first kappa shape index (κ1) is 19.7. The zero-order valence-electron chi connectivity index (χ0n) is 16.7. The van der Waals surface area contributed by atoms with Crippen LogP contribution in [0.25, 0.3) is 10.9 Å². The first-order valence-electron chi connectivity index (χ1n) is 9.70. The van der Waals surface area contributed by atoms with E-state index < -0.39 is 0 Å². The standard InChI is InChI=1S/C23H27N3O2/c1-4-17(2)22(27)24-20-10-7-9-19(16-20)23(28)25(3)14-15-26-13-12-18-8-5-6-11-21(18)26/h5-13,16-17H,4,14-15H2,1-3H3,(H,24,27). The molecule has 0 radical (unpaired) electrons. The van der Waals surface area contributed by atoms with Gasteiger partial charge in [-0.2, -0.15) is 0 Å². The SMILES string of the molecule is CCC(C)C(=O)Nc1cccc(C(=O)N(C)CCn2ccc3ccccc32)c1. The summed E-state index contributed by atoms with van der Waals surface area (Å²) >= 11 is 0. The predicted molar refractivity (Wildman–Crippen MR) is 113 cm³/mol. The number of amides is 2. The lowest BCUT2D eigenvalue weighted by atomic mass is 10.1. The van der Waals surface area contributed by atoms with Crippen LogP contribution in [0.4, 0.5) is 5.69 Å². The van der Waals surface area contributed by atoms with Crippen molar-refractivity contribution >= 4 is 28.4 Å². The number of hydrogen-bond donors (Lipinski definition) is 1. The van der Waals surface area contributed by atoms with Crippen LogP contribution < -0.4 is 5.32 Å². The van der Waals surface area contributed by atoms with Crippen molar-refractivity contribution in [3.8, 4) is 0 Å². The zero-order chi connectivity index (χ0) is 20.1. The molecule has 2 amide bonds. The van der Waals surface area contributed by atoms with Crippen LogP contribution in [0.1, 0.15) is 30.6 Å². The normalized spacial score (nSPS) is 12.0. The maximum Gasteiger partial charge on any atom is 0.253 e. The first-order chi connectivity index (χ1) is 13.5. The van der Waals surface area contributed by atoms with E-state index in [0.29, 0.717) is 17.8 Å². The maximum atomic E-state index is 12.8. The molecular formula is C23H27N3O2. The quantitative estimate of drug-likeness (QED) is 0.664. The summed E-state index contributed by atoms with van der Waals surface area (Å²) in [5.41, 5.74) is 2.39. The number of nitrogens with one attached hydrogen (secondary N) is 1. The molecule has 0 fully saturated rings. The van der Waals surface area contributed by atoms with Crippen LogP contribution in [0.15, 0.2) is 60.8 Å². The van der Waals surface area contributed by atoms with Gasteiger partial charge in [-0.25, -0.2) is 0 Å². The number of para-hydroxylation sites is 1. The minimum atomic E-state index is -0.0592. The number of aromatic nitrogens is 1. The molecule has 1 atom stereocenters. The largest absolute Gasteiger partial charge is 0.346 e. The molecule has 0 saturated carbocycles. The average Bonchev–Trinajstić information content (AvgIpc) is 3.14. The second-order valence-electron chi connectivity index (χ2n) is 7.17. The molecule has 2 aromatic carbocycles. The fraction of sp³-hybridized carbons (Fsp3) is 0.304. The molecule has 0 spiro atoms. The van der Waals surface area contributed by atoms with Crippen molar-refractivity contribution in [3.05, 3.63) is 66.4 Å². The van der Waals surface area contributed by atoms with E-state index in [-0.39, 0.29) is 17.7 Å². The van der Waals surface area contributed by atoms with Crippen LogP contribution in [0.5, 0.6) is 0 Å². The van der Waals surface area contributed by atoms with Gasteiger partial charge in [0.1, 0.15) is 0 Å². The van der Waals surface area contributed by atoms with Gasteiger partial charge in [0.2, 0.25) is 5.91 Å². The summed E-state index contributed by atoms with van der Waals surface area (Å²) in [6, 6.07) is 17.4. The van der Waals surface area contributed by atoms with Gasteiger partial charge in [0.25, 0.3) is 5.91 Å². The number of fused-ring (bicyclic) bond motifs is 1. The van der Waals surface area contributed by atoms with E-state index in [4.69, 9.17) is 0 Å². The average molecular weight is 377 g/mol. The van der Waals surface area contributed by atoms with E-state index >= 15 is 0 Å². The molecule has 3 aromatic rings. The van der Waals surface area contributed by atoms with E-state index in [1.807, 2.05) is 38.2 Å². The smallest absolute Gasteiger partial charge is 0.253 e. The second kappa shape index (κ2) is 8.74. The molecule has 0 aliphatic heterocycles. The Morgan fingerprint density at radius 2 is 1.89 bits per heavy atom. The molecule has 146 valence electrons. The van der Waals surface area contributed by atoms with Crippen molar-refractivity contribution in [2.75, 3.05) is 18.9 Å². The van der Waals surface area contributed by atoms with Crippen molar-refractivity contribution in [1.29, 1.82) is 0 Å². The molecule has 1 aromatic heterocycles. The molecule has 1 heterocycles. The van der Waals surface area contributed by atoms with Crippen molar-refractivity contribution < 1.29 is 9.59 Å². The highest BCUT2D eigenvalue weighted by Gasteiger charge is 2.14. The van der Waals surface area contributed by atoms with E-state index in [0.717, 1.165) is 18.5 Å². The highest BCUT2D eigenvalue weighted by atomic mass is 16.2. The van der Waals surface area contributed by atoms with Gasteiger partial charge in [-0.05, 0) is 42.1 Å². The predicted octanol–water partition coefficient (Wildman–Crippen LogP) is 4.40. The molecule has 28 heavy (non-hydrogen) atoms. The van der Waals surface area contributed by atoms with Gasteiger partial charge in [-0.1, -0.05) is 38.1 Å². The molecule has 3 rings (SSSR count). The third kappa shape index (κ3) is 4.42. The Labute approximate surface area is 166 Å². The second-order valence-corrected chi connectivity index (χ2v) is 7.17. The third-order valence-corrected chi connectivity index (χ3v) is 5.14. The minimum Gasteiger partial charge on any atom is -0.346 e. The monoisotopic (exact) mass is 377 g/mol. The Morgan fingerprint density at radius 1 is 1.11 bits per heavy atom. The van der Waals surface area contributed by atoms with E-state index in [1.165, 1.54) is 5.39 Å². The molecule has 5 heteroatoms. The third-order valence-electron chi connectivity index (χ3n) is 5.14. The lowest BCUT2D eigenvalue weighted by molar-refractivity contribution is -0.119. The number of hydrogen-bond acceptors (Lipinski definition) is 2. The zero-order valence-corrected chi connectivity index (χ0v) is 16.7. The maximum absolute atomic E-state index is 12.8. The number of carbonyl (C=O) groups is 2. The van der Waals surface area contributed by atoms with Crippen LogP contribution >= 0.6 is 0 Å². The van der Waals surface area contributed by atoms with Crippen LogP contribution in [-0.2, 0) is 11.3 Å². The summed E-state index contributed by atoms with van der Waals surface area (Å²) < 4.78 is 2.15. The lowest BCUT2D eigenvalue weighted by Gasteiger charge is -2.19. The van der Waals surface area contributed by atoms with E-state index in [2.05, 4.69) is 28.1 Å². The molecule has 1 unspecified atom stereocenters. The summed E-state index contributed by atoms with van der Waals surface area (Å²) in [6.07, 6.45) is 2.83. The van der Waals surface area contributed by atoms with Gasteiger partial charge in [-0.3, -0.25) is 9.59 Å². The number of benzene rings is 2. The van der Waals surface area contributed by atoms with Gasteiger partial charge < -0.3 is 14.8 Å². The molecule has 0 saturated heterocycles. The van der Waals surface area contributed by atoms with Gasteiger partial charge >= 0.3 is 0 Å². The van der Waals surface area contributed by atoms with Gasteiger partial charge in [-0.15, -0.1) is 0 Å². The van der Waals surface area contributed by atoms with Crippen molar-refractivity contribution in [1.82, 2.24) is 9.47 Å². The number of anilines is 1. The summed E-state index contributed by atoms with van der Waals surface area (Å²) in [4.78, 5) is 26.6. The summed E-state index contributed by atoms with van der Waals surface area (Å²) in [5, 5.41) is 4.08. The molecule has 0 bridgehead atoms. The molecule has 5 nitrogen and oxygen atoms in total. The van der Waals surface area contributed by atoms with Crippen LogP contribution in [0, 0.1) is 5.92 Å². The van der Waals surface area contributed by atoms with E-state index in [9.17, 15) is 9.59 Å². The molecular weight excluding hydrogens is 350 g/mol. The number of carbonyl (C=O) groups excluding carboxylic acids is 2. The van der Waals surface area contributed by atoms with Gasteiger partial charge in [0.15, 0.2) is 0 Å². The number of likely N-dealkylation sites (N-methyl/N-ethyl adjacent to an activating group) is 1. The molecule has 0 aliphatic rings. The Hall–Kier alpha value is -3.08. The fourth-order valence-electron chi connectivity index (χ4n) is 3.10. The summed E-state index contributed by atoms with van der Waals surface area (Å²) in [6.45, 7) is 5.19. The van der Waals surface area contributed by atoms with Crippen LogP contribution in [-0.4, -0.2) is 34.9 Å². The highest BCUT2D eigenvalue weighted by Crippen LogP contribution is 2.16.